The number of aryl methyl sites for hydroxylation is 1. The molecule has 0 aliphatic carbocycles. The minimum Gasteiger partial charge on any atom is -0.458 e. The number of fused-ring (bicyclic) bond motifs is 1. The Morgan fingerprint density at radius 1 is 1.19 bits per heavy atom. The Morgan fingerprint density at radius 3 is 2.48 bits per heavy atom. The summed E-state index contributed by atoms with van der Waals surface area (Å²) in [7, 11) is 0. The Bertz CT molecular complexity index is 1250. The first-order valence-corrected chi connectivity index (χ1v) is 7.70. The predicted octanol–water partition coefficient (Wildman–Crippen LogP) is 2.05. The smallest absolute Gasteiger partial charge is 0.332 e. The van der Waals surface area contributed by atoms with Crippen LogP contribution < -0.4 is 11.4 Å². The van der Waals surface area contributed by atoms with Crippen molar-refractivity contribution in [2.45, 2.75) is 6.92 Å². The number of halogens is 2. The molecule has 0 atom stereocenters. The van der Waals surface area contributed by atoms with E-state index < -0.39 is 28.9 Å². The Morgan fingerprint density at radius 2 is 1.89 bits per heavy atom. The van der Waals surface area contributed by atoms with E-state index in [0.29, 0.717) is 10.3 Å². The normalized spacial score (nSPS) is 11.2. The number of aromatic amines is 1. The summed E-state index contributed by atoms with van der Waals surface area (Å²) in [6.45, 7) is 1.69. The standard InChI is InChI=1S/C17H11F2N5O3/c1-7-5-6-10(27-7)15-21-11(14(20)25)12-16(23-15)24(17(26)22-12)13-8(18)3-2-4-9(13)19/h2-6H,1H3,(H2,20,25)(H,22,26). The van der Waals surface area contributed by atoms with Crippen molar-refractivity contribution in [3.8, 4) is 17.3 Å². The van der Waals surface area contributed by atoms with E-state index in [4.69, 9.17) is 10.2 Å². The monoisotopic (exact) mass is 371 g/mol. The van der Waals surface area contributed by atoms with Gasteiger partial charge in [0.2, 0.25) is 0 Å². The first-order valence-electron chi connectivity index (χ1n) is 7.70. The number of furan rings is 1. The van der Waals surface area contributed by atoms with Gasteiger partial charge in [0.15, 0.2) is 22.9 Å². The van der Waals surface area contributed by atoms with Crippen molar-refractivity contribution in [2.75, 3.05) is 0 Å². The molecule has 0 fully saturated rings. The van der Waals surface area contributed by atoms with Gasteiger partial charge in [-0.25, -0.2) is 28.1 Å². The molecule has 0 saturated heterocycles. The predicted molar refractivity (Wildman–Crippen MR) is 90.4 cm³/mol. The second-order valence-electron chi connectivity index (χ2n) is 5.70. The lowest BCUT2D eigenvalue weighted by Gasteiger charge is -2.07. The van der Waals surface area contributed by atoms with E-state index in [1.165, 1.54) is 0 Å². The van der Waals surface area contributed by atoms with Gasteiger partial charge in [-0.15, -0.1) is 0 Å². The molecule has 0 aliphatic heterocycles. The zero-order valence-corrected chi connectivity index (χ0v) is 13.8. The summed E-state index contributed by atoms with van der Waals surface area (Å²) in [5.41, 5.74) is 3.15. The minimum absolute atomic E-state index is 0.0612. The third-order valence-electron chi connectivity index (χ3n) is 3.89. The molecule has 3 heterocycles. The average Bonchev–Trinajstić information content (AvgIpc) is 3.17. The van der Waals surface area contributed by atoms with Crippen molar-refractivity contribution in [1.29, 1.82) is 0 Å². The van der Waals surface area contributed by atoms with Gasteiger partial charge in [0.05, 0.1) is 0 Å². The van der Waals surface area contributed by atoms with E-state index in [-0.39, 0.29) is 28.4 Å². The van der Waals surface area contributed by atoms with Crippen LogP contribution in [0.25, 0.3) is 28.4 Å². The van der Waals surface area contributed by atoms with E-state index in [1.54, 1.807) is 19.1 Å². The quantitative estimate of drug-likeness (QED) is 0.571. The van der Waals surface area contributed by atoms with Gasteiger partial charge in [-0.2, -0.15) is 0 Å². The largest absolute Gasteiger partial charge is 0.458 e. The van der Waals surface area contributed by atoms with Crippen molar-refractivity contribution >= 4 is 17.1 Å². The van der Waals surface area contributed by atoms with Crippen molar-refractivity contribution in [2.24, 2.45) is 5.73 Å². The maximum Gasteiger partial charge on any atom is 0.332 e. The number of H-pyrrole nitrogens is 1. The zero-order valence-electron chi connectivity index (χ0n) is 13.8. The number of rotatable bonds is 3. The number of hydrogen-bond donors (Lipinski definition) is 2. The summed E-state index contributed by atoms with van der Waals surface area (Å²) in [5, 5.41) is 0. The maximum absolute atomic E-state index is 14.2. The number of nitrogens with two attached hydrogens (primary N) is 1. The van der Waals surface area contributed by atoms with Crippen LogP contribution in [0.15, 0.2) is 39.5 Å². The van der Waals surface area contributed by atoms with E-state index in [9.17, 15) is 18.4 Å². The highest BCUT2D eigenvalue weighted by Gasteiger charge is 2.24. The molecular weight excluding hydrogens is 360 g/mol. The fraction of sp³-hybridized carbons (Fsp3) is 0.0588. The van der Waals surface area contributed by atoms with Crippen LogP contribution in [-0.2, 0) is 0 Å². The van der Waals surface area contributed by atoms with Crippen LogP contribution in [0.5, 0.6) is 0 Å². The summed E-state index contributed by atoms with van der Waals surface area (Å²) in [6.07, 6.45) is 0. The Balaban J connectivity index is 2.12. The lowest BCUT2D eigenvalue weighted by molar-refractivity contribution is 0.0997. The first-order chi connectivity index (χ1) is 12.9. The number of carbonyl (C=O) groups is 1. The summed E-state index contributed by atoms with van der Waals surface area (Å²) in [4.78, 5) is 34.7. The van der Waals surface area contributed by atoms with Gasteiger partial charge in [0.25, 0.3) is 5.91 Å². The van der Waals surface area contributed by atoms with Gasteiger partial charge in [-0.05, 0) is 31.2 Å². The molecule has 4 aromatic rings. The number of benzene rings is 1. The highest BCUT2D eigenvalue weighted by molar-refractivity contribution is 6.02. The molecule has 8 nitrogen and oxygen atoms in total. The van der Waals surface area contributed by atoms with E-state index in [2.05, 4.69) is 15.0 Å². The topological polar surface area (TPSA) is 120 Å². The highest BCUT2D eigenvalue weighted by Crippen LogP contribution is 2.25. The van der Waals surface area contributed by atoms with Crippen molar-refractivity contribution in [3.63, 3.8) is 0 Å². The van der Waals surface area contributed by atoms with E-state index in [0.717, 1.165) is 18.2 Å². The van der Waals surface area contributed by atoms with Gasteiger partial charge in [0.1, 0.15) is 28.6 Å². The summed E-state index contributed by atoms with van der Waals surface area (Å²) in [6, 6.07) is 6.36. The lowest BCUT2D eigenvalue weighted by atomic mass is 10.2. The number of carbonyl (C=O) groups excluding carboxylic acids is 1. The second kappa shape index (κ2) is 5.87. The minimum atomic E-state index is -0.979. The number of amides is 1. The highest BCUT2D eigenvalue weighted by atomic mass is 19.1. The molecule has 0 spiro atoms. The zero-order chi connectivity index (χ0) is 19.3. The molecule has 0 saturated carbocycles. The van der Waals surface area contributed by atoms with Crippen LogP contribution >= 0.6 is 0 Å². The molecule has 136 valence electrons. The van der Waals surface area contributed by atoms with E-state index >= 15 is 0 Å². The summed E-state index contributed by atoms with van der Waals surface area (Å²) >= 11 is 0. The Kier molecular flexibility index (Phi) is 3.62. The van der Waals surface area contributed by atoms with Gasteiger partial charge in [-0.1, -0.05) is 6.07 Å². The fourth-order valence-corrected chi connectivity index (χ4v) is 2.74. The molecule has 0 aliphatic rings. The summed E-state index contributed by atoms with van der Waals surface area (Å²) < 4.78 is 34.6. The average molecular weight is 371 g/mol. The van der Waals surface area contributed by atoms with Gasteiger partial charge < -0.3 is 15.1 Å². The molecule has 0 unspecified atom stereocenters. The van der Waals surface area contributed by atoms with Gasteiger partial charge in [0, 0.05) is 0 Å². The molecule has 0 bridgehead atoms. The number of para-hydroxylation sites is 1. The Labute approximate surface area is 149 Å². The molecule has 3 N–H and O–H groups in total. The van der Waals surface area contributed by atoms with Crippen LogP contribution in [0.2, 0.25) is 0 Å². The molecular formula is C17H11F2N5O3. The molecule has 1 aromatic carbocycles. The maximum atomic E-state index is 14.2. The molecule has 10 heteroatoms. The number of aromatic nitrogens is 4. The molecule has 1 amide bonds. The number of imidazole rings is 1. The number of nitrogens with one attached hydrogen (secondary N) is 1. The molecule has 0 radical (unpaired) electrons. The van der Waals surface area contributed by atoms with Gasteiger partial charge >= 0.3 is 5.69 Å². The first kappa shape index (κ1) is 16.6. The number of nitrogens with zero attached hydrogens (tertiary/aromatic N) is 3. The Hall–Kier alpha value is -3.82. The van der Waals surface area contributed by atoms with Crippen molar-refractivity contribution < 1.29 is 18.0 Å². The number of primary amides is 1. The fourth-order valence-electron chi connectivity index (χ4n) is 2.74. The van der Waals surface area contributed by atoms with Crippen LogP contribution in [0, 0.1) is 18.6 Å². The van der Waals surface area contributed by atoms with E-state index in [1.807, 2.05) is 0 Å². The summed E-state index contributed by atoms with van der Waals surface area (Å²) in [5.74, 6) is -2.21. The van der Waals surface area contributed by atoms with Crippen molar-refractivity contribution in [1.82, 2.24) is 19.5 Å². The second-order valence-corrected chi connectivity index (χ2v) is 5.70. The molecule has 3 aromatic heterocycles. The number of hydrogen-bond acceptors (Lipinski definition) is 5. The SMILES string of the molecule is Cc1ccc(-c2nc(C(N)=O)c3[nH]c(=O)n(-c4c(F)cccc4F)c3n2)o1. The van der Waals surface area contributed by atoms with Crippen LogP contribution in [0.4, 0.5) is 8.78 Å². The van der Waals surface area contributed by atoms with Crippen LogP contribution in [0.1, 0.15) is 16.2 Å². The van der Waals surface area contributed by atoms with Gasteiger partial charge in [-0.3, -0.25) is 4.79 Å². The third kappa shape index (κ3) is 2.58. The molecule has 27 heavy (non-hydrogen) atoms. The van der Waals surface area contributed by atoms with Crippen molar-refractivity contribution in [3.05, 3.63) is 63.9 Å². The molecule has 4 rings (SSSR count). The van der Waals surface area contributed by atoms with Crippen LogP contribution in [0.3, 0.4) is 0 Å². The van der Waals surface area contributed by atoms with Crippen LogP contribution in [-0.4, -0.2) is 25.4 Å². The lowest BCUT2D eigenvalue weighted by Crippen LogP contribution is -2.17. The third-order valence-corrected chi connectivity index (χ3v) is 3.89.